The van der Waals surface area contributed by atoms with Gasteiger partial charge in [0.2, 0.25) is 0 Å². The van der Waals surface area contributed by atoms with E-state index in [9.17, 15) is 10.2 Å². The van der Waals surface area contributed by atoms with Crippen LogP contribution in [0.15, 0.2) is 84.9 Å². The fourth-order valence-corrected chi connectivity index (χ4v) is 19.1. The maximum atomic E-state index is 13.0. The first-order valence-corrected chi connectivity index (χ1v) is 30.0. The van der Waals surface area contributed by atoms with Crippen LogP contribution in [0.3, 0.4) is 0 Å². The molecule has 0 aliphatic heterocycles. The van der Waals surface area contributed by atoms with Gasteiger partial charge in [-0.3, -0.25) is 0 Å². The topological polar surface area (TPSA) is 53.4 Å². The summed E-state index contributed by atoms with van der Waals surface area (Å²) in [7, 11) is -2.01. The summed E-state index contributed by atoms with van der Waals surface area (Å²) in [6, 6.07) is 33.0. The molecular weight excluding hydrogens is 831 g/mol. The molecule has 0 radical (unpaired) electrons. The summed E-state index contributed by atoms with van der Waals surface area (Å²) in [5.74, 6) is 5.71. The van der Waals surface area contributed by atoms with Crippen LogP contribution in [-0.4, -0.2) is 23.3 Å². The van der Waals surface area contributed by atoms with Crippen molar-refractivity contribution in [3.8, 4) is 56.3 Å². The summed E-state index contributed by atoms with van der Waals surface area (Å²) in [6.07, 6.45) is 17.9. The van der Waals surface area contributed by atoms with Gasteiger partial charge in [-0.25, -0.2) is 4.98 Å². The molecule has 0 unspecified atom stereocenters. The quantitative estimate of drug-likeness (QED) is 0.137. The zero-order valence-corrected chi connectivity index (χ0v) is 43.5. The third-order valence-corrected chi connectivity index (χ3v) is 22.4. The van der Waals surface area contributed by atoms with Crippen LogP contribution < -0.4 is 5.19 Å². The fraction of sp³-hybridized carbons (Fsp3) is 0.540. The van der Waals surface area contributed by atoms with Crippen molar-refractivity contribution >= 4 is 13.3 Å². The van der Waals surface area contributed by atoms with Gasteiger partial charge >= 0.3 is 0 Å². The number of pyridine rings is 1. The van der Waals surface area contributed by atoms with Gasteiger partial charge in [0, 0.05) is 33.4 Å². The number of phenols is 2. The van der Waals surface area contributed by atoms with Crippen molar-refractivity contribution in [3.05, 3.63) is 107 Å². The molecule has 2 N–H and O–H groups in total. The number of hydrogen-bond donors (Lipinski definition) is 2. The minimum absolute atomic E-state index is 0.0529. The van der Waals surface area contributed by atoms with Gasteiger partial charge in [-0.1, -0.05) is 147 Å². The summed E-state index contributed by atoms with van der Waals surface area (Å²) < 4.78 is 0. The SMILES string of the molecule is CCCC[Si](C)(C)c1ccc(-c2ccccc2-c2cc(C(C)(C)C)cc(C34CC5CC(CC(C5)C3)C4)c2O)nc1-c1ccccc1-c1cc(C(C)(C)C)cc(C23CC4CC(CC(C4)C2)C3)c1O. The zero-order chi connectivity index (χ0) is 46.8. The molecule has 5 aromatic rings. The highest BCUT2D eigenvalue weighted by Crippen LogP contribution is 2.64. The van der Waals surface area contributed by atoms with Crippen LogP contribution in [0.25, 0.3) is 44.8 Å². The summed E-state index contributed by atoms with van der Waals surface area (Å²) in [5, 5.41) is 27.2. The molecule has 8 saturated carbocycles. The van der Waals surface area contributed by atoms with E-state index in [1.54, 1.807) is 0 Å². The normalized spacial score (nSPS) is 28.7. The summed E-state index contributed by atoms with van der Waals surface area (Å²) >= 11 is 0. The van der Waals surface area contributed by atoms with Gasteiger partial charge in [-0.05, 0) is 180 Å². The highest BCUT2D eigenvalue weighted by molar-refractivity contribution is 6.90. The molecule has 352 valence electrons. The van der Waals surface area contributed by atoms with E-state index >= 15 is 0 Å². The average molecular weight is 910 g/mol. The lowest BCUT2D eigenvalue weighted by molar-refractivity contribution is -0.00631. The zero-order valence-electron chi connectivity index (χ0n) is 42.5. The maximum Gasteiger partial charge on any atom is 0.127 e. The highest BCUT2D eigenvalue weighted by Gasteiger charge is 2.54. The van der Waals surface area contributed by atoms with Crippen LogP contribution >= 0.6 is 0 Å². The molecule has 8 aliphatic rings. The molecule has 1 aromatic heterocycles. The Morgan fingerprint density at radius 2 is 0.910 bits per heavy atom. The molecule has 8 bridgehead atoms. The average Bonchev–Trinajstić information content (AvgIpc) is 3.26. The molecule has 0 amide bonds. The molecule has 4 heteroatoms. The number of nitrogens with zero attached hydrogens (tertiary/aromatic N) is 1. The number of benzene rings is 4. The van der Waals surface area contributed by atoms with E-state index in [0.717, 1.165) is 80.3 Å². The lowest BCUT2D eigenvalue weighted by Gasteiger charge is -2.57. The van der Waals surface area contributed by atoms with Crippen LogP contribution in [0.4, 0.5) is 0 Å². The summed E-state index contributed by atoms with van der Waals surface area (Å²) in [4.78, 5) is 5.89. The summed E-state index contributed by atoms with van der Waals surface area (Å²) in [5.41, 5.74) is 13.1. The van der Waals surface area contributed by atoms with Crippen molar-refractivity contribution in [3.63, 3.8) is 0 Å². The van der Waals surface area contributed by atoms with Crippen LogP contribution in [0, 0.1) is 35.5 Å². The lowest BCUT2D eigenvalue weighted by atomic mass is 9.47. The number of hydrogen-bond acceptors (Lipinski definition) is 3. The van der Waals surface area contributed by atoms with E-state index in [2.05, 4.69) is 146 Å². The molecule has 0 saturated heterocycles. The van der Waals surface area contributed by atoms with E-state index in [1.807, 2.05) is 0 Å². The second-order valence-corrected chi connectivity index (χ2v) is 31.2. The number of phenolic OH excluding ortho intramolecular Hbond substituents is 2. The molecule has 4 aromatic carbocycles. The van der Waals surface area contributed by atoms with Gasteiger partial charge in [0.25, 0.3) is 0 Å². The molecule has 0 spiro atoms. The Balaban J connectivity index is 1.09. The third-order valence-electron chi connectivity index (χ3n) is 18.9. The number of aromatic nitrogens is 1. The lowest BCUT2D eigenvalue weighted by Crippen LogP contribution is -2.48. The van der Waals surface area contributed by atoms with Crippen molar-refractivity contribution in [2.24, 2.45) is 35.5 Å². The first-order chi connectivity index (χ1) is 31.8. The maximum absolute atomic E-state index is 13.0. The van der Waals surface area contributed by atoms with Crippen molar-refractivity contribution in [2.75, 3.05) is 0 Å². The van der Waals surface area contributed by atoms with Gasteiger partial charge < -0.3 is 10.2 Å². The summed E-state index contributed by atoms with van der Waals surface area (Å²) in [6.45, 7) is 21.4. The van der Waals surface area contributed by atoms with Crippen LogP contribution in [0.2, 0.25) is 19.1 Å². The Kier molecular flexibility index (Phi) is 11.0. The van der Waals surface area contributed by atoms with E-state index < -0.39 is 8.07 Å². The molecule has 67 heavy (non-hydrogen) atoms. The minimum Gasteiger partial charge on any atom is -0.507 e. The van der Waals surface area contributed by atoms with E-state index in [0.29, 0.717) is 11.5 Å². The highest BCUT2D eigenvalue weighted by atomic mass is 28.3. The number of rotatable bonds is 10. The van der Waals surface area contributed by atoms with E-state index in [-0.39, 0.29) is 21.7 Å². The smallest absolute Gasteiger partial charge is 0.127 e. The predicted octanol–water partition coefficient (Wildman–Crippen LogP) is 16.4. The molecule has 0 atom stereocenters. The Morgan fingerprint density at radius 1 is 0.522 bits per heavy atom. The molecule has 8 fully saturated rings. The third kappa shape index (κ3) is 7.86. The van der Waals surface area contributed by atoms with Crippen molar-refractivity contribution in [1.82, 2.24) is 4.98 Å². The van der Waals surface area contributed by atoms with Gasteiger partial charge in [-0.2, -0.15) is 0 Å². The molecular formula is C63H79NO2Si. The Bertz CT molecular complexity index is 2650. The Morgan fingerprint density at radius 3 is 1.31 bits per heavy atom. The fourth-order valence-electron chi connectivity index (χ4n) is 16.2. The van der Waals surface area contributed by atoms with E-state index in [4.69, 9.17) is 4.98 Å². The minimum atomic E-state index is -2.01. The molecule has 13 rings (SSSR count). The largest absolute Gasteiger partial charge is 0.507 e. The van der Waals surface area contributed by atoms with Crippen LogP contribution in [0.5, 0.6) is 11.5 Å². The van der Waals surface area contributed by atoms with Crippen molar-refractivity contribution < 1.29 is 10.2 Å². The van der Waals surface area contributed by atoms with Gasteiger partial charge in [0.15, 0.2) is 0 Å². The van der Waals surface area contributed by atoms with Crippen LogP contribution in [-0.2, 0) is 21.7 Å². The second-order valence-electron chi connectivity index (χ2n) is 26.4. The second kappa shape index (κ2) is 16.2. The van der Waals surface area contributed by atoms with Gasteiger partial charge in [0.1, 0.15) is 11.5 Å². The van der Waals surface area contributed by atoms with Gasteiger partial charge in [-0.15, -0.1) is 0 Å². The Labute approximate surface area is 404 Å². The molecule has 3 nitrogen and oxygen atoms in total. The number of aromatic hydroxyl groups is 2. The van der Waals surface area contributed by atoms with Crippen LogP contribution in [0.1, 0.15) is 161 Å². The van der Waals surface area contributed by atoms with Crippen molar-refractivity contribution in [2.45, 2.75) is 179 Å². The first-order valence-electron chi connectivity index (χ1n) is 26.8. The first kappa shape index (κ1) is 45.3. The number of unbranched alkanes of at least 4 members (excludes halogenated alkanes) is 1. The molecule has 1 heterocycles. The van der Waals surface area contributed by atoms with E-state index in [1.165, 1.54) is 123 Å². The predicted molar refractivity (Wildman–Crippen MR) is 283 cm³/mol. The van der Waals surface area contributed by atoms with Gasteiger partial charge in [0.05, 0.1) is 19.5 Å². The van der Waals surface area contributed by atoms with Crippen molar-refractivity contribution in [1.29, 1.82) is 0 Å². The molecule has 8 aliphatic carbocycles. The Hall–Kier alpha value is -4.15. The standard InChI is InChI=1S/C63H79NO2Si/c1-10-11-22-67(8,9)56-21-20-55(49-18-14-12-16-47(49)51-29-45(60(2,3)4)31-53(58(51)65)62-33-39-23-40(34-62)25-41(24-39)35-62)64-57(56)50-19-15-13-17-48(50)52-30-46(61(5,6)7)32-54(59(52)66)63-36-42-26-43(37-63)28-44(27-42)38-63/h12-21,29-32,39-44,65-66H,10-11,22-28,33-38H2,1-9H3. The monoisotopic (exact) mass is 910 g/mol.